The number of hydrogen-bond acceptors (Lipinski definition) is 1. The van der Waals surface area contributed by atoms with Crippen molar-refractivity contribution in [3.63, 3.8) is 0 Å². The largest absolute Gasteiger partial charge is 0.310 e. The predicted octanol–water partition coefficient (Wildman–Crippen LogP) is 6.15. The minimum absolute atomic E-state index is 0.139. The first kappa shape index (κ1) is 13.3. The van der Waals surface area contributed by atoms with Gasteiger partial charge in [-0.3, -0.25) is 3.97 Å². The smallest absolute Gasteiger partial charge is 0.283 e. The van der Waals surface area contributed by atoms with Gasteiger partial charge in [-0.2, -0.15) is 0 Å². The van der Waals surface area contributed by atoms with Crippen LogP contribution in [-0.2, 0) is 0 Å². The van der Waals surface area contributed by atoms with Crippen LogP contribution >= 0.6 is 40.5 Å². The summed E-state index contributed by atoms with van der Waals surface area (Å²) >= 11 is 1.95. The van der Waals surface area contributed by atoms with Gasteiger partial charge in [0.2, 0.25) is 0 Å². The van der Waals surface area contributed by atoms with Crippen LogP contribution in [0.3, 0.4) is 0 Å². The molecule has 17 heavy (non-hydrogen) atoms. The standard InChI is InChI=1S/C8H5F5INS2/c9-17(10,11,12,13)7-1-2-8-6(5-7)3-4-15(8)16-14/h1-5H. The molecule has 0 amide bonds. The monoisotopic (exact) mass is 401 g/mol. The van der Waals surface area contributed by atoms with Gasteiger partial charge < -0.3 is 0 Å². The zero-order chi connectivity index (χ0) is 13.0. The second-order valence-corrected chi connectivity index (χ2v) is 7.52. The molecule has 96 valence electrons. The van der Waals surface area contributed by atoms with Crippen LogP contribution in [-0.4, -0.2) is 3.97 Å². The molecule has 1 nitrogen and oxygen atoms in total. The molecule has 0 aliphatic carbocycles. The van der Waals surface area contributed by atoms with Crippen LogP contribution in [0.25, 0.3) is 10.9 Å². The van der Waals surface area contributed by atoms with E-state index >= 15 is 0 Å². The second-order valence-electron chi connectivity index (χ2n) is 3.40. The summed E-state index contributed by atoms with van der Waals surface area (Å²) in [5.41, 5.74) is 0.468. The van der Waals surface area contributed by atoms with Crippen molar-refractivity contribution in [3.8, 4) is 0 Å². The van der Waals surface area contributed by atoms with Crippen LogP contribution in [0, 0.1) is 0 Å². The predicted molar refractivity (Wildman–Crippen MR) is 70.3 cm³/mol. The maximum absolute atomic E-state index is 12.6. The maximum Gasteiger partial charge on any atom is 0.310 e. The van der Waals surface area contributed by atoms with E-state index in [-0.39, 0.29) is 5.39 Å². The molecule has 0 N–H and O–H groups in total. The average Bonchev–Trinajstić information content (AvgIpc) is 2.55. The number of nitrogens with zero attached hydrogens (tertiary/aromatic N) is 1. The van der Waals surface area contributed by atoms with Crippen molar-refractivity contribution in [2.75, 3.05) is 0 Å². The van der Waals surface area contributed by atoms with Gasteiger partial charge in [0.15, 0.2) is 0 Å². The van der Waals surface area contributed by atoms with Crippen LogP contribution in [0.4, 0.5) is 19.4 Å². The third-order valence-corrected chi connectivity index (χ3v) is 5.03. The number of benzene rings is 1. The minimum Gasteiger partial charge on any atom is -0.283 e. The van der Waals surface area contributed by atoms with Gasteiger partial charge in [-0.05, 0) is 24.3 Å². The van der Waals surface area contributed by atoms with Crippen molar-refractivity contribution in [1.82, 2.24) is 3.97 Å². The van der Waals surface area contributed by atoms with Crippen LogP contribution in [0.1, 0.15) is 0 Å². The van der Waals surface area contributed by atoms with E-state index in [4.69, 9.17) is 0 Å². The molecule has 0 aliphatic rings. The lowest BCUT2D eigenvalue weighted by atomic mass is 10.2. The summed E-state index contributed by atoms with van der Waals surface area (Å²) in [6.07, 6.45) is 1.52. The summed E-state index contributed by atoms with van der Waals surface area (Å²) in [7, 11) is -8.33. The normalized spacial score (nSPS) is 16.8. The first-order valence-corrected chi connectivity index (χ1v) is 9.42. The fourth-order valence-corrected chi connectivity index (χ4v) is 3.45. The molecule has 0 radical (unpaired) electrons. The highest BCUT2D eigenvalue weighted by atomic mass is 127. The summed E-state index contributed by atoms with van der Waals surface area (Å²) in [6, 6.07) is 3.33. The Morgan fingerprint density at radius 2 is 1.71 bits per heavy atom. The van der Waals surface area contributed by atoms with Crippen molar-refractivity contribution in [2.24, 2.45) is 0 Å². The summed E-state index contributed by atoms with van der Waals surface area (Å²) in [5.74, 6) is 0. The SMILES string of the molecule is FS(F)(F)(F)(F)c1ccc2c(ccn2SI)c1. The summed E-state index contributed by atoms with van der Waals surface area (Å²) in [6.45, 7) is 0. The second kappa shape index (κ2) is 3.23. The van der Waals surface area contributed by atoms with Gasteiger partial charge in [-0.25, -0.2) is 0 Å². The zero-order valence-electron chi connectivity index (χ0n) is 7.92. The molecule has 0 aliphatic heterocycles. The third kappa shape index (κ3) is 2.65. The lowest BCUT2D eigenvalue weighted by Crippen LogP contribution is -2.05. The molecule has 0 spiro atoms. The Morgan fingerprint density at radius 3 is 2.24 bits per heavy atom. The highest BCUT2D eigenvalue weighted by Crippen LogP contribution is 3.02. The summed E-state index contributed by atoms with van der Waals surface area (Å²) < 4.78 is 64.3. The van der Waals surface area contributed by atoms with E-state index in [0.29, 0.717) is 17.6 Å². The summed E-state index contributed by atoms with van der Waals surface area (Å²) in [5, 5.41) is 0.139. The number of rotatable bonds is 2. The van der Waals surface area contributed by atoms with Crippen molar-refractivity contribution in [3.05, 3.63) is 30.5 Å². The fourth-order valence-electron chi connectivity index (χ4n) is 1.40. The van der Waals surface area contributed by atoms with E-state index < -0.39 is 15.1 Å². The molecule has 1 aromatic carbocycles. The number of halogens is 6. The number of hydrogen-bond donors (Lipinski definition) is 0. The van der Waals surface area contributed by atoms with Crippen molar-refractivity contribution < 1.29 is 19.4 Å². The highest BCUT2D eigenvalue weighted by molar-refractivity contribution is 14.2. The van der Waals surface area contributed by atoms with E-state index in [2.05, 4.69) is 0 Å². The molecule has 0 saturated heterocycles. The van der Waals surface area contributed by atoms with Crippen molar-refractivity contribution >= 4 is 51.5 Å². The lowest BCUT2D eigenvalue weighted by molar-refractivity contribution is 0.364. The van der Waals surface area contributed by atoms with Crippen molar-refractivity contribution in [2.45, 2.75) is 4.90 Å². The lowest BCUT2D eigenvalue weighted by Gasteiger charge is -2.40. The maximum atomic E-state index is 12.6. The van der Waals surface area contributed by atoms with Gasteiger partial charge >= 0.3 is 10.2 Å². The molecule has 0 unspecified atom stereocenters. The van der Waals surface area contributed by atoms with Gasteiger partial charge in [-0.1, -0.05) is 19.4 Å². The van der Waals surface area contributed by atoms with E-state index in [1.165, 1.54) is 21.4 Å². The van der Waals surface area contributed by atoms with Gasteiger partial charge in [0.25, 0.3) is 0 Å². The molecular formula is C8H5F5INS2. The third-order valence-electron chi connectivity index (χ3n) is 2.15. The minimum atomic E-state index is -9.57. The Kier molecular flexibility index (Phi) is 2.53. The zero-order valence-corrected chi connectivity index (χ0v) is 11.7. The van der Waals surface area contributed by atoms with E-state index in [0.717, 1.165) is 6.07 Å². The van der Waals surface area contributed by atoms with Gasteiger partial charge in [-0.15, -0.1) is 0 Å². The van der Waals surface area contributed by atoms with Gasteiger partial charge in [0.1, 0.15) is 4.90 Å². The van der Waals surface area contributed by atoms with E-state index in [1.54, 1.807) is 3.97 Å². The molecular weight excluding hydrogens is 396 g/mol. The fraction of sp³-hybridized carbons (Fsp3) is 0. The quantitative estimate of drug-likeness (QED) is 0.432. The Labute approximate surface area is 110 Å². The Hall–Kier alpha value is -0.160. The van der Waals surface area contributed by atoms with Gasteiger partial charge in [0, 0.05) is 41.9 Å². The molecule has 2 aromatic rings. The Bertz CT molecular complexity index is 591. The van der Waals surface area contributed by atoms with Gasteiger partial charge in [0.05, 0.1) is 5.52 Å². The molecule has 0 saturated carbocycles. The average molecular weight is 401 g/mol. The molecule has 2 rings (SSSR count). The van der Waals surface area contributed by atoms with E-state index in [9.17, 15) is 19.4 Å². The summed E-state index contributed by atoms with van der Waals surface area (Å²) in [4.78, 5) is -1.85. The first-order valence-electron chi connectivity index (χ1n) is 4.15. The molecule has 0 atom stereocenters. The molecule has 0 fully saturated rings. The van der Waals surface area contributed by atoms with Crippen LogP contribution < -0.4 is 0 Å². The Balaban J connectivity index is 2.70. The molecule has 1 heterocycles. The number of aromatic nitrogens is 1. The number of fused-ring (bicyclic) bond motifs is 1. The van der Waals surface area contributed by atoms with Crippen LogP contribution in [0.15, 0.2) is 35.4 Å². The Morgan fingerprint density at radius 1 is 1.06 bits per heavy atom. The van der Waals surface area contributed by atoms with Crippen molar-refractivity contribution in [1.29, 1.82) is 0 Å². The van der Waals surface area contributed by atoms with Crippen LogP contribution in [0.5, 0.6) is 0 Å². The topological polar surface area (TPSA) is 4.93 Å². The molecule has 0 bridgehead atoms. The highest BCUT2D eigenvalue weighted by Gasteiger charge is 2.65. The molecule has 1 aromatic heterocycles. The van der Waals surface area contributed by atoms with E-state index in [1.807, 2.05) is 21.2 Å². The molecule has 9 heteroatoms. The van der Waals surface area contributed by atoms with Crippen LogP contribution in [0.2, 0.25) is 0 Å². The first-order chi connectivity index (χ1) is 7.51.